The quantitative estimate of drug-likeness (QED) is 0.571. The summed E-state index contributed by atoms with van der Waals surface area (Å²) in [6, 6.07) is 1.10. The van der Waals surface area contributed by atoms with Crippen molar-refractivity contribution >= 4 is 15.9 Å². The van der Waals surface area contributed by atoms with E-state index in [1.807, 2.05) is 0 Å². The van der Waals surface area contributed by atoms with Crippen LogP contribution in [0, 0.1) is 5.95 Å². The highest BCUT2D eigenvalue weighted by molar-refractivity contribution is 9.08. The van der Waals surface area contributed by atoms with Gasteiger partial charge in [-0.2, -0.15) is 4.39 Å². The van der Waals surface area contributed by atoms with E-state index in [1.165, 1.54) is 6.20 Å². The third-order valence-electron chi connectivity index (χ3n) is 1.31. The van der Waals surface area contributed by atoms with Gasteiger partial charge in [0, 0.05) is 11.5 Å². The molecule has 5 heteroatoms. The van der Waals surface area contributed by atoms with Crippen LogP contribution in [0.4, 0.5) is 13.2 Å². The molecule has 0 N–H and O–H groups in total. The van der Waals surface area contributed by atoms with Crippen LogP contribution in [-0.2, 0) is 5.33 Å². The molecular weight excluding hydrogens is 235 g/mol. The molecule has 0 radical (unpaired) electrons. The molecule has 0 aliphatic carbocycles. The summed E-state index contributed by atoms with van der Waals surface area (Å²) in [4.78, 5) is 3.19. The number of halogens is 4. The Hall–Kier alpha value is -0.580. The Labute approximate surface area is 75.7 Å². The van der Waals surface area contributed by atoms with Crippen molar-refractivity contribution in [3.63, 3.8) is 0 Å². The summed E-state index contributed by atoms with van der Waals surface area (Å²) >= 11 is 3.06. The van der Waals surface area contributed by atoms with Gasteiger partial charge in [0.2, 0.25) is 5.95 Å². The number of alkyl halides is 3. The van der Waals surface area contributed by atoms with Crippen molar-refractivity contribution in [1.29, 1.82) is 0 Å². The number of rotatable bonds is 2. The molecule has 66 valence electrons. The fourth-order valence-corrected chi connectivity index (χ4v) is 1.04. The van der Waals surface area contributed by atoms with E-state index in [2.05, 4.69) is 20.9 Å². The topological polar surface area (TPSA) is 12.9 Å². The summed E-state index contributed by atoms with van der Waals surface area (Å²) in [5.74, 6) is -1.10. The van der Waals surface area contributed by atoms with Gasteiger partial charge in [0.25, 0.3) is 6.43 Å². The zero-order valence-electron chi connectivity index (χ0n) is 5.90. The maximum Gasteiger partial charge on any atom is 0.268 e. The monoisotopic (exact) mass is 239 g/mol. The highest BCUT2D eigenvalue weighted by Gasteiger charge is 2.14. The van der Waals surface area contributed by atoms with Crippen molar-refractivity contribution in [3.8, 4) is 0 Å². The highest BCUT2D eigenvalue weighted by Crippen LogP contribution is 2.22. The second kappa shape index (κ2) is 3.89. The van der Waals surface area contributed by atoms with Gasteiger partial charge in [-0.05, 0) is 11.6 Å². The molecule has 1 nitrogen and oxygen atoms in total. The van der Waals surface area contributed by atoms with Gasteiger partial charge in [-0.25, -0.2) is 13.8 Å². The SMILES string of the molecule is Fc1ncc(CBr)cc1C(F)F. The van der Waals surface area contributed by atoms with Crippen molar-refractivity contribution in [2.24, 2.45) is 0 Å². The highest BCUT2D eigenvalue weighted by atomic mass is 79.9. The van der Waals surface area contributed by atoms with E-state index in [-0.39, 0.29) is 0 Å². The van der Waals surface area contributed by atoms with Gasteiger partial charge in [0.1, 0.15) is 0 Å². The van der Waals surface area contributed by atoms with Crippen molar-refractivity contribution in [2.75, 3.05) is 0 Å². The van der Waals surface area contributed by atoms with Crippen LogP contribution in [0.1, 0.15) is 17.6 Å². The lowest BCUT2D eigenvalue weighted by molar-refractivity contribution is 0.145. The van der Waals surface area contributed by atoms with Crippen molar-refractivity contribution < 1.29 is 13.2 Å². The Morgan fingerprint density at radius 3 is 2.67 bits per heavy atom. The number of pyridine rings is 1. The fraction of sp³-hybridized carbons (Fsp3) is 0.286. The van der Waals surface area contributed by atoms with Gasteiger partial charge in [0.05, 0.1) is 5.56 Å². The maximum absolute atomic E-state index is 12.6. The molecule has 1 aromatic rings. The van der Waals surface area contributed by atoms with E-state index in [0.29, 0.717) is 10.9 Å². The zero-order chi connectivity index (χ0) is 9.14. The van der Waals surface area contributed by atoms with Crippen molar-refractivity contribution in [1.82, 2.24) is 4.98 Å². The molecule has 0 amide bonds. The van der Waals surface area contributed by atoms with Crippen LogP contribution in [0.5, 0.6) is 0 Å². The number of hydrogen-bond donors (Lipinski definition) is 0. The van der Waals surface area contributed by atoms with Crippen LogP contribution in [0.15, 0.2) is 12.3 Å². The normalized spacial score (nSPS) is 10.8. The minimum atomic E-state index is -2.81. The van der Waals surface area contributed by atoms with Gasteiger partial charge >= 0.3 is 0 Å². The minimum Gasteiger partial charge on any atom is -0.228 e. The molecule has 0 aliphatic heterocycles. The van der Waals surface area contributed by atoms with Crippen LogP contribution in [0.2, 0.25) is 0 Å². The molecule has 0 unspecified atom stereocenters. The van der Waals surface area contributed by atoms with E-state index < -0.39 is 17.9 Å². The first-order chi connectivity index (χ1) is 5.65. The van der Waals surface area contributed by atoms with E-state index in [4.69, 9.17) is 0 Å². The molecule has 0 atom stereocenters. The predicted molar refractivity (Wildman–Crippen MR) is 41.8 cm³/mol. The molecule has 1 rings (SSSR count). The summed E-state index contributed by atoms with van der Waals surface area (Å²) in [7, 11) is 0. The minimum absolute atomic E-state index is 0.389. The molecule has 0 saturated carbocycles. The standard InChI is InChI=1S/C7H5BrF3N/c8-2-4-1-5(6(9)10)7(11)12-3-4/h1,3,6H,2H2. The van der Waals surface area contributed by atoms with E-state index in [9.17, 15) is 13.2 Å². The van der Waals surface area contributed by atoms with Crippen LogP contribution < -0.4 is 0 Å². The molecule has 1 aromatic heterocycles. The summed E-state index contributed by atoms with van der Waals surface area (Å²) < 4.78 is 36.6. The summed E-state index contributed by atoms with van der Waals surface area (Å²) in [6.45, 7) is 0. The van der Waals surface area contributed by atoms with Crippen LogP contribution in [0.25, 0.3) is 0 Å². The van der Waals surface area contributed by atoms with Gasteiger partial charge in [0.15, 0.2) is 0 Å². The molecule has 0 saturated heterocycles. The van der Waals surface area contributed by atoms with Crippen LogP contribution >= 0.6 is 15.9 Å². The second-order valence-corrected chi connectivity index (χ2v) is 2.72. The van der Waals surface area contributed by atoms with E-state index in [1.54, 1.807) is 0 Å². The summed E-state index contributed by atoms with van der Waals surface area (Å²) in [6.07, 6.45) is -1.59. The zero-order valence-corrected chi connectivity index (χ0v) is 7.48. The Kier molecular flexibility index (Phi) is 3.08. The van der Waals surface area contributed by atoms with Gasteiger partial charge < -0.3 is 0 Å². The second-order valence-electron chi connectivity index (χ2n) is 2.16. The van der Waals surface area contributed by atoms with Crippen molar-refractivity contribution in [3.05, 3.63) is 29.3 Å². The first kappa shape index (κ1) is 9.51. The summed E-state index contributed by atoms with van der Waals surface area (Å²) in [5.41, 5.74) is -0.112. The fourth-order valence-electron chi connectivity index (χ4n) is 0.737. The van der Waals surface area contributed by atoms with Gasteiger partial charge in [-0.1, -0.05) is 15.9 Å². The van der Waals surface area contributed by atoms with Gasteiger partial charge in [-0.3, -0.25) is 0 Å². The third kappa shape index (κ3) is 1.97. The lowest BCUT2D eigenvalue weighted by Gasteiger charge is -2.01. The number of nitrogens with zero attached hydrogens (tertiary/aromatic N) is 1. The van der Waals surface area contributed by atoms with Crippen LogP contribution in [0.3, 0.4) is 0 Å². The Morgan fingerprint density at radius 2 is 2.17 bits per heavy atom. The lowest BCUT2D eigenvalue weighted by atomic mass is 10.2. The van der Waals surface area contributed by atoms with E-state index in [0.717, 1.165) is 6.07 Å². The average Bonchev–Trinajstić information content (AvgIpc) is 2.05. The molecule has 12 heavy (non-hydrogen) atoms. The number of hydrogen-bond acceptors (Lipinski definition) is 1. The van der Waals surface area contributed by atoms with Crippen molar-refractivity contribution in [2.45, 2.75) is 11.8 Å². The average molecular weight is 240 g/mol. The first-order valence-electron chi connectivity index (χ1n) is 3.13. The molecular formula is C7H5BrF3N. The molecule has 1 heterocycles. The van der Waals surface area contributed by atoms with Gasteiger partial charge in [-0.15, -0.1) is 0 Å². The largest absolute Gasteiger partial charge is 0.268 e. The first-order valence-corrected chi connectivity index (χ1v) is 4.25. The Morgan fingerprint density at radius 1 is 1.50 bits per heavy atom. The third-order valence-corrected chi connectivity index (χ3v) is 1.96. The summed E-state index contributed by atoms with van der Waals surface area (Å²) in [5, 5.41) is 0.389. The maximum atomic E-state index is 12.6. The Bertz CT molecular complexity index is 277. The smallest absolute Gasteiger partial charge is 0.228 e. The van der Waals surface area contributed by atoms with E-state index >= 15 is 0 Å². The molecule has 0 spiro atoms. The Balaban J connectivity index is 3.08. The molecule has 0 aliphatic rings. The molecule has 0 fully saturated rings. The number of aromatic nitrogens is 1. The lowest BCUT2D eigenvalue weighted by Crippen LogP contribution is -1.95. The van der Waals surface area contributed by atoms with Crippen LogP contribution in [-0.4, -0.2) is 4.98 Å². The molecule has 0 bridgehead atoms. The molecule has 0 aromatic carbocycles. The predicted octanol–water partition coefficient (Wildman–Crippen LogP) is 3.05.